The molecular weight excluding hydrogens is 245 g/mol. The van der Waals surface area contributed by atoms with E-state index in [9.17, 15) is 4.39 Å². The third-order valence-corrected chi connectivity index (χ3v) is 3.10. The van der Waals surface area contributed by atoms with E-state index in [-0.39, 0.29) is 5.82 Å². The summed E-state index contributed by atoms with van der Waals surface area (Å²) in [5.41, 5.74) is 0.780. The predicted molar refractivity (Wildman–Crippen MR) is 58.6 cm³/mol. The lowest BCUT2D eigenvalue weighted by Crippen LogP contribution is -2.20. The normalized spacial score (nSPS) is 16.3. The maximum Gasteiger partial charge on any atom is 0.128 e. The molecule has 0 bridgehead atoms. The van der Waals surface area contributed by atoms with E-state index in [2.05, 4.69) is 27.9 Å². The zero-order valence-electron chi connectivity index (χ0n) is 8.13. The molecule has 0 aliphatic heterocycles. The summed E-state index contributed by atoms with van der Waals surface area (Å²) >= 11 is 3.25. The largest absolute Gasteiger partial charge is 0.299 e. The molecule has 3 heteroatoms. The van der Waals surface area contributed by atoms with Gasteiger partial charge in [0.25, 0.3) is 0 Å². The molecule has 0 unspecified atom stereocenters. The van der Waals surface area contributed by atoms with Gasteiger partial charge in [0.15, 0.2) is 0 Å². The van der Waals surface area contributed by atoms with Crippen LogP contribution in [0.2, 0.25) is 0 Å². The Labute approximate surface area is 92.0 Å². The van der Waals surface area contributed by atoms with Crippen molar-refractivity contribution in [3.05, 3.63) is 34.1 Å². The molecular formula is C11H13BrFN. The summed E-state index contributed by atoms with van der Waals surface area (Å²) in [6, 6.07) is 5.94. The van der Waals surface area contributed by atoms with Crippen LogP contribution in [-0.4, -0.2) is 18.0 Å². The Morgan fingerprint density at radius 3 is 2.79 bits per heavy atom. The highest BCUT2D eigenvalue weighted by Crippen LogP contribution is 2.27. The second-order valence-electron chi connectivity index (χ2n) is 3.88. The van der Waals surface area contributed by atoms with Crippen molar-refractivity contribution in [2.24, 2.45) is 0 Å². The minimum Gasteiger partial charge on any atom is -0.299 e. The zero-order chi connectivity index (χ0) is 10.1. The van der Waals surface area contributed by atoms with Crippen LogP contribution in [0.5, 0.6) is 0 Å². The van der Waals surface area contributed by atoms with Gasteiger partial charge in [-0.05, 0) is 32.0 Å². The topological polar surface area (TPSA) is 3.24 Å². The van der Waals surface area contributed by atoms with E-state index in [1.54, 1.807) is 0 Å². The Balaban J connectivity index is 2.07. The van der Waals surface area contributed by atoms with E-state index in [1.165, 1.54) is 18.9 Å². The second kappa shape index (κ2) is 3.99. The molecule has 1 aromatic carbocycles. The first kappa shape index (κ1) is 10.1. The van der Waals surface area contributed by atoms with Crippen molar-refractivity contribution in [1.29, 1.82) is 0 Å². The van der Waals surface area contributed by atoms with Crippen molar-refractivity contribution >= 4 is 15.9 Å². The minimum atomic E-state index is -0.119. The Morgan fingerprint density at radius 2 is 2.21 bits per heavy atom. The molecule has 1 saturated carbocycles. The summed E-state index contributed by atoms with van der Waals surface area (Å²) in [6.07, 6.45) is 2.52. The van der Waals surface area contributed by atoms with Gasteiger partial charge >= 0.3 is 0 Å². The Hall–Kier alpha value is -0.410. The Morgan fingerprint density at radius 1 is 1.50 bits per heavy atom. The van der Waals surface area contributed by atoms with Gasteiger partial charge in [-0.25, -0.2) is 4.39 Å². The van der Waals surface area contributed by atoms with Gasteiger partial charge in [-0.1, -0.05) is 22.0 Å². The molecule has 1 aliphatic rings. The number of nitrogens with zero attached hydrogens (tertiary/aromatic N) is 1. The molecule has 1 aromatic rings. The van der Waals surface area contributed by atoms with Crippen LogP contribution in [-0.2, 0) is 6.54 Å². The second-order valence-corrected chi connectivity index (χ2v) is 4.80. The maximum absolute atomic E-state index is 13.4. The van der Waals surface area contributed by atoms with Crippen molar-refractivity contribution in [3.63, 3.8) is 0 Å². The fourth-order valence-electron chi connectivity index (χ4n) is 1.56. The van der Waals surface area contributed by atoms with Crippen LogP contribution < -0.4 is 0 Å². The van der Waals surface area contributed by atoms with Crippen LogP contribution in [0.15, 0.2) is 22.7 Å². The molecule has 0 amide bonds. The predicted octanol–water partition coefficient (Wildman–Crippen LogP) is 3.18. The highest BCUT2D eigenvalue weighted by atomic mass is 79.9. The summed E-state index contributed by atoms with van der Waals surface area (Å²) in [5.74, 6) is -0.119. The Kier molecular flexibility index (Phi) is 2.88. The number of hydrogen-bond donors (Lipinski definition) is 0. The lowest BCUT2D eigenvalue weighted by molar-refractivity contribution is 0.311. The van der Waals surface area contributed by atoms with E-state index in [0.717, 1.165) is 10.0 Å². The molecule has 1 aliphatic carbocycles. The molecule has 2 rings (SSSR count). The smallest absolute Gasteiger partial charge is 0.128 e. The monoisotopic (exact) mass is 257 g/mol. The SMILES string of the molecule is CN(Cc1ccc(Br)cc1F)C1CC1. The van der Waals surface area contributed by atoms with Crippen molar-refractivity contribution in [1.82, 2.24) is 4.90 Å². The van der Waals surface area contributed by atoms with E-state index < -0.39 is 0 Å². The van der Waals surface area contributed by atoms with Crippen LogP contribution in [0.25, 0.3) is 0 Å². The molecule has 0 heterocycles. The first-order valence-corrected chi connectivity index (χ1v) is 5.60. The lowest BCUT2D eigenvalue weighted by atomic mass is 10.2. The summed E-state index contributed by atoms with van der Waals surface area (Å²) < 4.78 is 14.2. The minimum absolute atomic E-state index is 0.119. The average molecular weight is 258 g/mol. The third kappa shape index (κ3) is 2.34. The van der Waals surface area contributed by atoms with Crippen LogP contribution in [0.4, 0.5) is 4.39 Å². The highest BCUT2D eigenvalue weighted by molar-refractivity contribution is 9.10. The molecule has 0 radical (unpaired) electrons. The quantitative estimate of drug-likeness (QED) is 0.804. The van der Waals surface area contributed by atoms with Crippen molar-refractivity contribution in [2.45, 2.75) is 25.4 Å². The van der Waals surface area contributed by atoms with Crippen LogP contribution in [0.3, 0.4) is 0 Å². The van der Waals surface area contributed by atoms with Gasteiger partial charge in [-0.2, -0.15) is 0 Å². The van der Waals surface area contributed by atoms with Crippen LogP contribution >= 0.6 is 15.9 Å². The summed E-state index contributed by atoms with van der Waals surface area (Å²) in [6.45, 7) is 0.712. The number of rotatable bonds is 3. The molecule has 0 aromatic heterocycles. The van der Waals surface area contributed by atoms with Crippen LogP contribution in [0, 0.1) is 5.82 Å². The van der Waals surface area contributed by atoms with Crippen molar-refractivity contribution < 1.29 is 4.39 Å². The van der Waals surface area contributed by atoms with Gasteiger partial charge in [0.2, 0.25) is 0 Å². The standard InChI is InChI=1S/C11H13BrFN/c1-14(10-4-5-10)7-8-2-3-9(12)6-11(8)13/h2-3,6,10H,4-5,7H2,1H3. The zero-order valence-corrected chi connectivity index (χ0v) is 9.72. The molecule has 1 nitrogen and oxygen atoms in total. The van der Waals surface area contributed by atoms with E-state index in [0.29, 0.717) is 12.6 Å². The summed E-state index contributed by atoms with van der Waals surface area (Å²) in [4.78, 5) is 2.21. The van der Waals surface area contributed by atoms with E-state index >= 15 is 0 Å². The maximum atomic E-state index is 13.4. The van der Waals surface area contributed by atoms with Crippen molar-refractivity contribution in [2.75, 3.05) is 7.05 Å². The average Bonchev–Trinajstić information content (AvgIpc) is 2.92. The van der Waals surface area contributed by atoms with E-state index in [4.69, 9.17) is 0 Å². The molecule has 0 spiro atoms. The molecule has 14 heavy (non-hydrogen) atoms. The summed E-state index contributed by atoms with van der Waals surface area (Å²) in [5, 5.41) is 0. The fraction of sp³-hybridized carbons (Fsp3) is 0.455. The molecule has 0 saturated heterocycles. The van der Waals surface area contributed by atoms with Gasteiger partial charge in [0.05, 0.1) is 0 Å². The van der Waals surface area contributed by atoms with Gasteiger partial charge in [0.1, 0.15) is 5.82 Å². The Bertz CT molecular complexity index is 336. The third-order valence-electron chi connectivity index (χ3n) is 2.61. The molecule has 0 N–H and O–H groups in total. The van der Waals surface area contributed by atoms with Crippen molar-refractivity contribution in [3.8, 4) is 0 Å². The van der Waals surface area contributed by atoms with Gasteiger partial charge < -0.3 is 0 Å². The molecule has 76 valence electrons. The first-order chi connectivity index (χ1) is 6.66. The highest BCUT2D eigenvalue weighted by Gasteiger charge is 2.26. The van der Waals surface area contributed by atoms with Gasteiger partial charge in [0, 0.05) is 22.6 Å². The number of halogens is 2. The van der Waals surface area contributed by atoms with Gasteiger partial charge in [-0.15, -0.1) is 0 Å². The molecule has 1 fully saturated rings. The first-order valence-electron chi connectivity index (χ1n) is 4.81. The van der Waals surface area contributed by atoms with Crippen LogP contribution in [0.1, 0.15) is 18.4 Å². The lowest BCUT2D eigenvalue weighted by Gasteiger charge is -2.15. The summed E-state index contributed by atoms with van der Waals surface area (Å²) in [7, 11) is 2.05. The van der Waals surface area contributed by atoms with E-state index in [1.807, 2.05) is 12.1 Å². The number of benzene rings is 1. The van der Waals surface area contributed by atoms with Gasteiger partial charge in [-0.3, -0.25) is 4.90 Å². The fourth-order valence-corrected chi connectivity index (χ4v) is 1.90. The number of hydrogen-bond acceptors (Lipinski definition) is 1. The molecule has 0 atom stereocenters.